The van der Waals surface area contributed by atoms with Crippen LogP contribution in [0.2, 0.25) is 0 Å². The molecule has 0 saturated carbocycles. The van der Waals surface area contributed by atoms with Gasteiger partial charge in [-0.3, -0.25) is 9.59 Å². The van der Waals surface area contributed by atoms with Gasteiger partial charge in [-0.1, -0.05) is 28.1 Å². The van der Waals surface area contributed by atoms with E-state index in [2.05, 4.69) is 31.2 Å². The van der Waals surface area contributed by atoms with Crippen LogP contribution in [0.3, 0.4) is 0 Å². The Kier molecular flexibility index (Phi) is 5.88. The van der Waals surface area contributed by atoms with Crippen molar-refractivity contribution in [1.29, 1.82) is 0 Å². The van der Waals surface area contributed by atoms with Gasteiger partial charge in [0.1, 0.15) is 16.4 Å². The Morgan fingerprint density at radius 3 is 2.26 bits per heavy atom. The molecule has 2 aromatic carbocycles. The Balaban J connectivity index is 1.78. The molecule has 31 heavy (non-hydrogen) atoms. The van der Waals surface area contributed by atoms with Crippen molar-refractivity contribution < 1.29 is 14.0 Å². The molecule has 1 aliphatic heterocycles. The lowest BCUT2D eigenvalue weighted by molar-refractivity contribution is -0.120. The lowest BCUT2D eigenvalue weighted by Crippen LogP contribution is -2.33. The molecule has 0 unspecified atom stereocenters. The summed E-state index contributed by atoms with van der Waals surface area (Å²) in [6, 6.07) is 14.6. The number of anilines is 2. The molecule has 0 fully saturated rings. The highest BCUT2D eigenvalue weighted by Gasteiger charge is 2.41. The van der Waals surface area contributed by atoms with Gasteiger partial charge in [0.2, 0.25) is 0 Å². The van der Waals surface area contributed by atoms with E-state index in [-0.39, 0.29) is 16.3 Å². The van der Waals surface area contributed by atoms with E-state index in [0.717, 1.165) is 32.5 Å². The SMILES string of the molecule is Cc1cc(C)nc(SC2=C(Nc3ccc(Br)cc3)C(=O)N(c3ccccc3F)C2=O)n1. The fourth-order valence-electron chi connectivity index (χ4n) is 3.07. The Hall–Kier alpha value is -3.04. The second-order valence-electron chi connectivity index (χ2n) is 6.77. The molecule has 3 aromatic rings. The van der Waals surface area contributed by atoms with Crippen molar-refractivity contribution in [2.45, 2.75) is 19.0 Å². The summed E-state index contributed by atoms with van der Waals surface area (Å²) in [5.74, 6) is -1.95. The number of aromatic nitrogens is 2. The van der Waals surface area contributed by atoms with Crippen LogP contribution in [0.4, 0.5) is 15.8 Å². The number of amides is 2. The summed E-state index contributed by atoms with van der Waals surface area (Å²) < 4.78 is 15.3. The zero-order valence-corrected chi connectivity index (χ0v) is 18.9. The number of nitrogens with zero attached hydrogens (tertiary/aromatic N) is 3. The van der Waals surface area contributed by atoms with Crippen LogP contribution in [0.15, 0.2) is 74.8 Å². The van der Waals surface area contributed by atoms with Gasteiger partial charge in [0.25, 0.3) is 11.8 Å². The topological polar surface area (TPSA) is 75.2 Å². The Morgan fingerprint density at radius 2 is 1.61 bits per heavy atom. The Labute approximate surface area is 190 Å². The van der Waals surface area contributed by atoms with E-state index >= 15 is 0 Å². The molecule has 1 N–H and O–H groups in total. The van der Waals surface area contributed by atoms with Crippen molar-refractivity contribution in [1.82, 2.24) is 9.97 Å². The maximum Gasteiger partial charge on any atom is 0.283 e. The fraction of sp³-hybridized carbons (Fsp3) is 0.0909. The van der Waals surface area contributed by atoms with Gasteiger partial charge >= 0.3 is 0 Å². The molecule has 2 heterocycles. The van der Waals surface area contributed by atoms with Crippen LogP contribution in [0, 0.1) is 19.7 Å². The van der Waals surface area contributed by atoms with Gasteiger partial charge in [0.15, 0.2) is 5.16 Å². The third-order valence-electron chi connectivity index (χ3n) is 4.40. The lowest BCUT2D eigenvalue weighted by Gasteiger charge is -2.15. The fourth-order valence-corrected chi connectivity index (χ4v) is 4.32. The van der Waals surface area contributed by atoms with Crippen molar-refractivity contribution >= 4 is 50.9 Å². The zero-order chi connectivity index (χ0) is 22.1. The molecule has 9 heteroatoms. The molecule has 2 amide bonds. The number of nitrogens with one attached hydrogen (secondary N) is 1. The van der Waals surface area contributed by atoms with Gasteiger partial charge in [-0.05, 0) is 68.1 Å². The lowest BCUT2D eigenvalue weighted by atomic mass is 10.2. The first-order valence-electron chi connectivity index (χ1n) is 9.24. The van der Waals surface area contributed by atoms with Gasteiger partial charge in [-0.2, -0.15) is 0 Å². The molecule has 0 saturated heterocycles. The van der Waals surface area contributed by atoms with E-state index in [9.17, 15) is 14.0 Å². The van der Waals surface area contributed by atoms with Gasteiger partial charge in [-0.15, -0.1) is 0 Å². The van der Waals surface area contributed by atoms with Crippen LogP contribution in [0.1, 0.15) is 11.4 Å². The summed E-state index contributed by atoms with van der Waals surface area (Å²) in [5, 5.41) is 3.35. The highest BCUT2D eigenvalue weighted by atomic mass is 79.9. The largest absolute Gasteiger partial charge is 0.350 e. The van der Waals surface area contributed by atoms with Crippen molar-refractivity contribution in [2.24, 2.45) is 0 Å². The van der Waals surface area contributed by atoms with Crippen LogP contribution in [-0.4, -0.2) is 21.8 Å². The van der Waals surface area contributed by atoms with Crippen LogP contribution in [-0.2, 0) is 9.59 Å². The molecule has 4 rings (SSSR count). The standard InChI is InChI=1S/C22H16BrFN4O2S/c1-12-11-13(2)26-22(25-12)31-19-18(27-15-9-7-14(23)8-10-15)20(29)28(21(19)30)17-6-4-3-5-16(17)24/h3-11,27H,1-2H3. The molecule has 1 aliphatic rings. The number of carbonyl (C=O) groups is 2. The zero-order valence-electron chi connectivity index (χ0n) is 16.5. The molecular formula is C22H16BrFN4O2S. The van der Waals surface area contributed by atoms with E-state index in [0.29, 0.717) is 10.8 Å². The van der Waals surface area contributed by atoms with E-state index < -0.39 is 17.6 Å². The molecule has 6 nitrogen and oxygen atoms in total. The summed E-state index contributed by atoms with van der Waals surface area (Å²) in [7, 11) is 0. The summed E-state index contributed by atoms with van der Waals surface area (Å²) in [5.41, 5.74) is 2.02. The predicted octanol–water partition coefficient (Wildman–Crippen LogP) is 4.98. The first-order chi connectivity index (χ1) is 14.8. The number of imide groups is 1. The first kappa shape index (κ1) is 21.2. The number of rotatable bonds is 5. The molecule has 1 aromatic heterocycles. The van der Waals surface area contributed by atoms with E-state index in [4.69, 9.17) is 0 Å². The quantitative estimate of drug-likeness (QED) is 0.394. The smallest absolute Gasteiger partial charge is 0.283 e. The molecule has 0 radical (unpaired) electrons. The summed E-state index contributed by atoms with van der Waals surface area (Å²) in [4.78, 5) is 36.1. The van der Waals surface area contributed by atoms with Crippen LogP contribution < -0.4 is 10.2 Å². The van der Waals surface area contributed by atoms with Gasteiger partial charge in [-0.25, -0.2) is 19.3 Å². The molecule has 156 valence electrons. The minimum Gasteiger partial charge on any atom is -0.350 e. The number of thioether (sulfide) groups is 1. The van der Waals surface area contributed by atoms with Crippen molar-refractivity contribution in [3.8, 4) is 0 Å². The molecule has 0 aliphatic carbocycles. The average Bonchev–Trinajstić information content (AvgIpc) is 2.93. The van der Waals surface area contributed by atoms with Gasteiger partial charge in [0, 0.05) is 21.5 Å². The number of hydrogen-bond donors (Lipinski definition) is 1. The number of para-hydroxylation sites is 1. The third-order valence-corrected chi connectivity index (χ3v) is 5.88. The van der Waals surface area contributed by atoms with Crippen molar-refractivity contribution in [3.05, 3.63) is 86.9 Å². The molecule has 0 atom stereocenters. The average molecular weight is 499 g/mol. The molecule has 0 spiro atoms. The van der Waals surface area contributed by atoms with E-state index in [1.165, 1.54) is 18.2 Å². The second kappa shape index (κ2) is 8.60. The Bertz CT molecular complexity index is 1210. The number of benzene rings is 2. The summed E-state index contributed by atoms with van der Waals surface area (Å²) >= 11 is 4.34. The van der Waals surface area contributed by atoms with Crippen molar-refractivity contribution in [2.75, 3.05) is 10.2 Å². The second-order valence-corrected chi connectivity index (χ2v) is 8.66. The number of carbonyl (C=O) groups excluding carboxylic acids is 2. The molecular weight excluding hydrogens is 483 g/mol. The predicted molar refractivity (Wildman–Crippen MR) is 121 cm³/mol. The monoisotopic (exact) mass is 498 g/mol. The minimum absolute atomic E-state index is 0.0448. The third kappa shape index (κ3) is 4.38. The highest BCUT2D eigenvalue weighted by Crippen LogP contribution is 2.37. The van der Waals surface area contributed by atoms with Crippen LogP contribution in [0.25, 0.3) is 0 Å². The normalized spacial score (nSPS) is 13.9. The van der Waals surface area contributed by atoms with Crippen LogP contribution in [0.5, 0.6) is 0 Å². The highest BCUT2D eigenvalue weighted by molar-refractivity contribution is 9.10. The van der Waals surface area contributed by atoms with Gasteiger partial charge in [0.05, 0.1) is 5.69 Å². The number of aryl methyl sites for hydroxylation is 2. The molecule has 0 bridgehead atoms. The minimum atomic E-state index is -0.666. The van der Waals surface area contributed by atoms with E-state index in [1.54, 1.807) is 30.3 Å². The Morgan fingerprint density at radius 1 is 0.968 bits per heavy atom. The van der Waals surface area contributed by atoms with Gasteiger partial charge < -0.3 is 5.32 Å². The van der Waals surface area contributed by atoms with E-state index in [1.807, 2.05) is 19.9 Å². The van der Waals surface area contributed by atoms with Crippen LogP contribution >= 0.6 is 27.7 Å². The maximum absolute atomic E-state index is 14.4. The number of halogens is 2. The van der Waals surface area contributed by atoms with Crippen molar-refractivity contribution in [3.63, 3.8) is 0 Å². The summed E-state index contributed by atoms with van der Waals surface area (Å²) in [6.45, 7) is 3.64. The maximum atomic E-state index is 14.4. The first-order valence-corrected chi connectivity index (χ1v) is 10.8. The summed E-state index contributed by atoms with van der Waals surface area (Å²) in [6.07, 6.45) is 0. The number of hydrogen-bond acceptors (Lipinski definition) is 6.